The van der Waals surface area contributed by atoms with Gasteiger partial charge in [-0.25, -0.2) is 13.2 Å². The summed E-state index contributed by atoms with van der Waals surface area (Å²) in [6.45, 7) is 0. The highest BCUT2D eigenvalue weighted by Gasteiger charge is 2.34. The van der Waals surface area contributed by atoms with Crippen molar-refractivity contribution in [2.45, 2.75) is 6.18 Å². The van der Waals surface area contributed by atoms with E-state index in [0.717, 1.165) is 36.5 Å². The van der Waals surface area contributed by atoms with Gasteiger partial charge in [-0.05, 0) is 30.3 Å². The molecule has 0 fully saturated rings. The molecule has 0 aliphatic heterocycles. The van der Waals surface area contributed by atoms with Crippen LogP contribution in [0.5, 0.6) is 0 Å². The van der Waals surface area contributed by atoms with Crippen LogP contribution in [0.2, 0.25) is 0 Å². The summed E-state index contributed by atoms with van der Waals surface area (Å²) in [4.78, 5) is 15.5. The molecule has 2 aromatic carbocycles. The molecular weight excluding hydrogens is 388 g/mol. The van der Waals surface area contributed by atoms with Gasteiger partial charge in [0.05, 0.1) is 0 Å². The number of nitrogens with zero attached hydrogens (tertiary/aromatic N) is 1. The number of hydrogen-bond acceptors (Lipinski definition) is 3. The Bertz CT molecular complexity index is 946. The summed E-state index contributed by atoms with van der Waals surface area (Å²) in [6, 6.07) is 5.47. The average Bonchev–Trinajstić information content (AvgIpc) is 2.59. The number of benzene rings is 2. The van der Waals surface area contributed by atoms with E-state index >= 15 is 0 Å². The van der Waals surface area contributed by atoms with Gasteiger partial charge in [0, 0.05) is 30.1 Å². The normalized spacial score (nSPS) is 12.8. The lowest BCUT2D eigenvalue weighted by Crippen LogP contribution is -2.22. The van der Waals surface area contributed by atoms with E-state index in [-0.39, 0.29) is 5.69 Å². The van der Waals surface area contributed by atoms with Crippen LogP contribution in [0.4, 0.5) is 32.0 Å². The van der Waals surface area contributed by atoms with Crippen LogP contribution in [-0.4, -0.2) is 25.3 Å². The number of anilines is 1. The van der Waals surface area contributed by atoms with Crippen LogP contribution in [0, 0.1) is 17.5 Å². The topological polar surface area (TPSA) is 67.5 Å². The Labute approximate surface area is 155 Å². The number of halogens is 6. The SMILES string of the molecule is CN=C/C(=C(\N)C(F)(F)F)c1ccc(NC(=O)c2c(F)cccc2F)cc1F. The van der Waals surface area contributed by atoms with Crippen LogP contribution in [0.15, 0.2) is 47.1 Å². The van der Waals surface area contributed by atoms with Gasteiger partial charge in [-0.3, -0.25) is 9.79 Å². The predicted molar refractivity (Wildman–Crippen MR) is 92.3 cm³/mol. The van der Waals surface area contributed by atoms with E-state index < -0.39 is 51.9 Å². The van der Waals surface area contributed by atoms with Crippen LogP contribution < -0.4 is 11.1 Å². The molecule has 0 saturated heterocycles. The van der Waals surface area contributed by atoms with Crippen molar-refractivity contribution in [2.75, 3.05) is 12.4 Å². The summed E-state index contributed by atoms with van der Waals surface area (Å²) in [6.07, 6.45) is -4.17. The summed E-state index contributed by atoms with van der Waals surface area (Å²) in [5, 5.41) is 2.08. The Balaban J connectivity index is 2.40. The second-order valence-corrected chi connectivity index (χ2v) is 5.46. The third kappa shape index (κ3) is 4.51. The third-order valence-corrected chi connectivity index (χ3v) is 3.56. The second-order valence-electron chi connectivity index (χ2n) is 5.46. The monoisotopic (exact) mass is 401 g/mol. The van der Waals surface area contributed by atoms with E-state index in [1.165, 1.54) is 7.05 Å². The van der Waals surface area contributed by atoms with E-state index in [4.69, 9.17) is 5.73 Å². The predicted octanol–water partition coefficient (Wildman–Crippen LogP) is 4.29. The smallest absolute Gasteiger partial charge is 0.394 e. The summed E-state index contributed by atoms with van der Waals surface area (Å²) < 4.78 is 80.2. The van der Waals surface area contributed by atoms with Crippen LogP contribution in [0.3, 0.4) is 0 Å². The first-order valence-electron chi connectivity index (χ1n) is 7.60. The summed E-state index contributed by atoms with van der Waals surface area (Å²) >= 11 is 0. The van der Waals surface area contributed by atoms with E-state index in [2.05, 4.69) is 10.3 Å². The average molecular weight is 401 g/mol. The Morgan fingerprint density at radius 3 is 2.18 bits per heavy atom. The molecule has 0 radical (unpaired) electrons. The van der Waals surface area contributed by atoms with Crippen molar-refractivity contribution in [3.05, 3.63) is 70.7 Å². The number of rotatable bonds is 4. The number of aliphatic imine (C=N–C) groups is 1. The molecule has 0 unspecified atom stereocenters. The summed E-state index contributed by atoms with van der Waals surface area (Å²) in [5.41, 5.74) is 1.17. The highest BCUT2D eigenvalue weighted by molar-refractivity contribution is 6.11. The van der Waals surface area contributed by atoms with Crippen molar-refractivity contribution < 1.29 is 31.1 Å². The molecule has 4 nitrogen and oxygen atoms in total. The van der Waals surface area contributed by atoms with E-state index in [1.807, 2.05) is 0 Å². The van der Waals surface area contributed by atoms with E-state index in [9.17, 15) is 31.1 Å². The molecule has 2 aromatic rings. The molecule has 0 atom stereocenters. The van der Waals surface area contributed by atoms with Crippen molar-refractivity contribution >= 4 is 23.4 Å². The number of amides is 1. The van der Waals surface area contributed by atoms with Gasteiger partial charge in [-0.15, -0.1) is 0 Å². The van der Waals surface area contributed by atoms with Crippen LogP contribution in [0.1, 0.15) is 15.9 Å². The highest BCUT2D eigenvalue weighted by atomic mass is 19.4. The molecule has 1 amide bonds. The number of nitrogens with two attached hydrogens (primary N) is 1. The molecule has 0 aliphatic carbocycles. The molecule has 0 spiro atoms. The fourth-order valence-electron chi connectivity index (χ4n) is 2.29. The second kappa shape index (κ2) is 8.15. The molecule has 0 aromatic heterocycles. The zero-order valence-electron chi connectivity index (χ0n) is 14.2. The van der Waals surface area contributed by atoms with Gasteiger partial charge >= 0.3 is 6.18 Å². The maximum Gasteiger partial charge on any atom is 0.431 e. The van der Waals surface area contributed by atoms with Gasteiger partial charge in [0.1, 0.15) is 28.7 Å². The molecule has 0 saturated carbocycles. The Morgan fingerprint density at radius 1 is 1.07 bits per heavy atom. The Kier molecular flexibility index (Phi) is 6.12. The van der Waals surface area contributed by atoms with Crippen molar-refractivity contribution in [3.63, 3.8) is 0 Å². The van der Waals surface area contributed by atoms with E-state index in [1.54, 1.807) is 0 Å². The van der Waals surface area contributed by atoms with Crippen molar-refractivity contribution in [1.82, 2.24) is 0 Å². The lowest BCUT2D eigenvalue weighted by atomic mass is 10.0. The molecule has 0 bridgehead atoms. The summed E-state index contributed by atoms with van der Waals surface area (Å²) in [7, 11) is 1.18. The number of nitrogens with one attached hydrogen (secondary N) is 1. The first-order chi connectivity index (χ1) is 13.1. The summed E-state index contributed by atoms with van der Waals surface area (Å²) in [5.74, 6) is -4.61. The third-order valence-electron chi connectivity index (χ3n) is 3.56. The molecule has 28 heavy (non-hydrogen) atoms. The number of alkyl halides is 3. The number of hydrogen-bond donors (Lipinski definition) is 2. The molecule has 3 N–H and O–H groups in total. The van der Waals surface area contributed by atoms with Gasteiger partial charge in [-0.2, -0.15) is 13.2 Å². The molecule has 0 aliphatic rings. The molecule has 0 heterocycles. The number of carbonyl (C=O) groups is 1. The minimum atomic E-state index is -4.92. The number of allylic oxidation sites excluding steroid dienone is 2. The molecule has 2 rings (SSSR count). The van der Waals surface area contributed by atoms with Gasteiger partial charge in [-0.1, -0.05) is 6.07 Å². The first kappa shape index (κ1) is 21.0. The van der Waals surface area contributed by atoms with Crippen molar-refractivity contribution in [2.24, 2.45) is 10.7 Å². The number of carbonyl (C=O) groups excluding carboxylic acids is 1. The maximum atomic E-state index is 14.4. The Hall–Kier alpha value is -3.30. The standard InChI is InChI=1S/C18H13F6N3O/c1-26-8-11(16(25)18(22,23)24)10-6-5-9(7-14(10)21)27-17(28)15-12(19)3-2-4-13(15)20/h2-8H,25H2,1H3,(H,27,28)/b16-11+,26-8?. The minimum Gasteiger partial charge on any atom is -0.394 e. The van der Waals surface area contributed by atoms with Crippen LogP contribution >= 0.6 is 0 Å². The zero-order chi connectivity index (χ0) is 21.1. The Morgan fingerprint density at radius 2 is 1.68 bits per heavy atom. The fraction of sp³-hybridized carbons (Fsp3) is 0.111. The largest absolute Gasteiger partial charge is 0.431 e. The lowest BCUT2D eigenvalue weighted by molar-refractivity contribution is -0.0918. The van der Waals surface area contributed by atoms with Gasteiger partial charge < -0.3 is 11.1 Å². The quantitative estimate of drug-likeness (QED) is 0.593. The molecule has 148 valence electrons. The molecular formula is C18H13F6N3O. The minimum absolute atomic E-state index is 0.229. The van der Waals surface area contributed by atoms with Gasteiger partial charge in [0.25, 0.3) is 5.91 Å². The highest BCUT2D eigenvalue weighted by Crippen LogP contribution is 2.30. The van der Waals surface area contributed by atoms with Crippen LogP contribution in [0.25, 0.3) is 5.57 Å². The maximum absolute atomic E-state index is 14.4. The van der Waals surface area contributed by atoms with Crippen molar-refractivity contribution in [1.29, 1.82) is 0 Å². The van der Waals surface area contributed by atoms with Crippen molar-refractivity contribution in [3.8, 4) is 0 Å². The molecule has 10 heteroatoms. The zero-order valence-corrected chi connectivity index (χ0v) is 14.2. The van der Waals surface area contributed by atoms with Gasteiger partial charge in [0.15, 0.2) is 0 Å². The fourth-order valence-corrected chi connectivity index (χ4v) is 2.29. The van der Waals surface area contributed by atoms with Crippen LogP contribution in [-0.2, 0) is 0 Å². The van der Waals surface area contributed by atoms with Gasteiger partial charge in [0.2, 0.25) is 0 Å². The lowest BCUT2D eigenvalue weighted by Gasteiger charge is -2.13. The van der Waals surface area contributed by atoms with E-state index in [0.29, 0.717) is 6.07 Å². The first-order valence-corrected chi connectivity index (χ1v) is 7.60.